The molecule has 0 fully saturated rings. The fourth-order valence-electron chi connectivity index (χ4n) is 1.48. The molecule has 0 unspecified atom stereocenters. The minimum absolute atomic E-state index is 0.163. The third kappa shape index (κ3) is 2.55. The summed E-state index contributed by atoms with van der Waals surface area (Å²) in [5.74, 6) is -0.602. The predicted octanol–water partition coefficient (Wildman–Crippen LogP) is 2.36. The van der Waals surface area contributed by atoms with Gasteiger partial charge in [-0.1, -0.05) is 29.8 Å². The van der Waals surface area contributed by atoms with Crippen molar-refractivity contribution in [1.82, 2.24) is 4.37 Å². The second kappa shape index (κ2) is 5.24. The molecule has 0 atom stereocenters. The molecular formula is C11H11ClN4OS. The summed E-state index contributed by atoms with van der Waals surface area (Å²) in [4.78, 5) is 11.2. The average Bonchev–Trinajstić information content (AvgIpc) is 2.72. The number of nitrogens with one attached hydrogen (secondary N) is 1. The highest BCUT2D eigenvalue weighted by molar-refractivity contribution is 7.11. The molecule has 0 saturated heterocycles. The summed E-state index contributed by atoms with van der Waals surface area (Å²) >= 11 is 7.05. The van der Waals surface area contributed by atoms with Crippen LogP contribution in [-0.2, 0) is 0 Å². The Morgan fingerprint density at radius 1 is 1.44 bits per heavy atom. The van der Waals surface area contributed by atoms with Crippen molar-refractivity contribution in [3.8, 4) is 0 Å². The Labute approximate surface area is 113 Å². The van der Waals surface area contributed by atoms with E-state index in [2.05, 4.69) is 9.80 Å². The number of nitrogens with zero attached hydrogens (tertiary/aromatic N) is 2. The van der Waals surface area contributed by atoms with Gasteiger partial charge in [-0.2, -0.15) is 4.37 Å². The molecule has 0 saturated carbocycles. The largest absolute Gasteiger partial charge is 0.364 e. The van der Waals surface area contributed by atoms with Gasteiger partial charge < -0.3 is 5.73 Å². The van der Waals surface area contributed by atoms with Crippen molar-refractivity contribution in [3.05, 3.63) is 40.4 Å². The van der Waals surface area contributed by atoms with Crippen LogP contribution in [0.5, 0.6) is 0 Å². The maximum Gasteiger partial charge on any atom is 0.270 e. The maximum atomic E-state index is 11.2. The predicted molar refractivity (Wildman–Crippen MR) is 74.1 cm³/mol. The lowest BCUT2D eigenvalue weighted by molar-refractivity contribution is 0.0997. The molecular weight excluding hydrogens is 272 g/mol. The zero-order valence-corrected chi connectivity index (χ0v) is 11.1. The first-order chi connectivity index (χ1) is 8.59. The number of hydrogen-bond acceptors (Lipinski definition) is 5. The maximum absolute atomic E-state index is 11.2. The molecule has 3 N–H and O–H groups in total. The van der Waals surface area contributed by atoms with Crippen molar-refractivity contribution in [2.24, 2.45) is 5.73 Å². The molecule has 2 aromatic rings. The SMILES string of the molecule is CN(Nc1ccccc1)c1c(C(N)=O)nsc1Cl. The zero-order chi connectivity index (χ0) is 13.1. The summed E-state index contributed by atoms with van der Waals surface area (Å²) in [6, 6.07) is 9.51. The fraction of sp³-hybridized carbons (Fsp3) is 0.0909. The molecule has 5 nitrogen and oxygen atoms in total. The van der Waals surface area contributed by atoms with Crippen LogP contribution in [0.4, 0.5) is 11.4 Å². The summed E-state index contributed by atoms with van der Waals surface area (Å²) in [5, 5.41) is 1.63. The number of primary amides is 1. The lowest BCUT2D eigenvalue weighted by atomic mass is 10.3. The van der Waals surface area contributed by atoms with Crippen molar-refractivity contribution in [2.75, 3.05) is 17.5 Å². The summed E-state index contributed by atoms with van der Waals surface area (Å²) in [7, 11) is 1.75. The Bertz CT molecular complexity index is 557. The number of halogens is 1. The van der Waals surface area contributed by atoms with E-state index in [-0.39, 0.29) is 5.69 Å². The normalized spacial score (nSPS) is 10.1. The number of anilines is 2. The number of carbonyl (C=O) groups is 1. The Kier molecular flexibility index (Phi) is 3.69. The highest BCUT2D eigenvalue weighted by atomic mass is 35.5. The number of aromatic nitrogens is 1. The van der Waals surface area contributed by atoms with Crippen LogP contribution in [0.3, 0.4) is 0 Å². The van der Waals surface area contributed by atoms with Gasteiger partial charge in [0.25, 0.3) is 5.91 Å². The molecule has 1 aromatic heterocycles. The molecule has 2 rings (SSSR count). The quantitative estimate of drug-likeness (QED) is 0.845. The molecule has 0 radical (unpaired) electrons. The van der Waals surface area contributed by atoms with Gasteiger partial charge >= 0.3 is 0 Å². The fourth-order valence-corrected chi connectivity index (χ4v) is 2.47. The minimum atomic E-state index is -0.602. The summed E-state index contributed by atoms with van der Waals surface area (Å²) in [5.41, 5.74) is 9.86. The number of hydrogen-bond donors (Lipinski definition) is 2. The highest BCUT2D eigenvalue weighted by Crippen LogP contribution is 2.32. The molecule has 18 heavy (non-hydrogen) atoms. The van der Waals surface area contributed by atoms with E-state index in [0.717, 1.165) is 17.2 Å². The molecule has 0 aliphatic carbocycles. The second-order valence-electron chi connectivity index (χ2n) is 3.55. The molecule has 0 spiro atoms. The summed E-state index contributed by atoms with van der Waals surface area (Å²) < 4.78 is 4.34. The first-order valence-electron chi connectivity index (χ1n) is 5.10. The number of amides is 1. The first kappa shape index (κ1) is 12.7. The van der Waals surface area contributed by atoms with Gasteiger partial charge in [0, 0.05) is 7.05 Å². The second-order valence-corrected chi connectivity index (χ2v) is 4.93. The molecule has 1 heterocycles. The molecule has 0 aliphatic rings. The van der Waals surface area contributed by atoms with Crippen LogP contribution in [-0.4, -0.2) is 17.3 Å². The lowest BCUT2D eigenvalue weighted by Crippen LogP contribution is -2.27. The van der Waals surface area contributed by atoms with Gasteiger partial charge in [0.2, 0.25) is 0 Å². The third-order valence-corrected chi connectivity index (χ3v) is 3.28. The topological polar surface area (TPSA) is 71.2 Å². The number of benzene rings is 1. The number of carbonyl (C=O) groups excluding carboxylic acids is 1. The molecule has 94 valence electrons. The average molecular weight is 283 g/mol. The van der Waals surface area contributed by atoms with Crippen molar-refractivity contribution in [3.63, 3.8) is 0 Å². The van der Waals surface area contributed by atoms with E-state index in [9.17, 15) is 4.79 Å². The molecule has 7 heteroatoms. The monoisotopic (exact) mass is 282 g/mol. The van der Waals surface area contributed by atoms with Crippen molar-refractivity contribution < 1.29 is 4.79 Å². The van der Waals surface area contributed by atoms with E-state index in [1.807, 2.05) is 30.3 Å². The Morgan fingerprint density at radius 2 is 2.11 bits per heavy atom. The smallest absolute Gasteiger partial charge is 0.270 e. The van der Waals surface area contributed by atoms with E-state index in [4.69, 9.17) is 17.3 Å². The minimum Gasteiger partial charge on any atom is -0.364 e. The van der Waals surface area contributed by atoms with Crippen LogP contribution in [0.1, 0.15) is 10.5 Å². The van der Waals surface area contributed by atoms with Crippen LogP contribution in [0.25, 0.3) is 0 Å². The standard InChI is InChI=1S/C11H11ClN4OS/c1-16(14-7-5-3-2-4-6-7)9-8(11(13)17)15-18-10(9)12/h2-6,14H,1H3,(H2,13,17). The van der Waals surface area contributed by atoms with Crippen LogP contribution in [0.15, 0.2) is 30.3 Å². The van der Waals surface area contributed by atoms with Gasteiger partial charge in [0.05, 0.1) is 5.69 Å². The van der Waals surface area contributed by atoms with E-state index in [1.54, 1.807) is 12.1 Å². The highest BCUT2D eigenvalue weighted by Gasteiger charge is 2.20. The van der Waals surface area contributed by atoms with Crippen molar-refractivity contribution >= 4 is 40.4 Å². The van der Waals surface area contributed by atoms with Crippen LogP contribution < -0.4 is 16.2 Å². The molecule has 1 aromatic carbocycles. The number of nitrogens with two attached hydrogens (primary N) is 1. The van der Waals surface area contributed by atoms with Crippen LogP contribution >= 0.6 is 23.1 Å². The van der Waals surface area contributed by atoms with Gasteiger partial charge in [-0.05, 0) is 23.7 Å². The molecule has 1 amide bonds. The third-order valence-electron chi connectivity index (χ3n) is 2.27. The van der Waals surface area contributed by atoms with Crippen molar-refractivity contribution in [1.29, 1.82) is 0 Å². The molecule has 0 bridgehead atoms. The summed E-state index contributed by atoms with van der Waals surface area (Å²) in [6.45, 7) is 0. The Balaban J connectivity index is 2.26. The van der Waals surface area contributed by atoms with Crippen LogP contribution in [0, 0.1) is 0 Å². The summed E-state index contributed by atoms with van der Waals surface area (Å²) in [6.07, 6.45) is 0. The molecule has 0 aliphatic heterocycles. The lowest BCUT2D eigenvalue weighted by Gasteiger charge is -2.21. The van der Waals surface area contributed by atoms with E-state index >= 15 is 0 Å². The van der Waals surface area contributed by atoms with Crippen molar-refractivity contribution in [2.45, 2.75) is 0 Å². The first-order valence-corrected chi connectivity index (χ1v) is 6.25. The van der Waals surface area contributed by atoms with Gasteiger partial charge in [-0.15, -0.1) is 0 Å². The Hall–Kier alpha value is -1.79. The van der Waals surface area contributed by atoms with Crippen LogP contribution in [0.2, 0.25) is 4.34 Å². The zero-order valence-electron chi connectivity index (χ0n) is 9.55. The van der Waals surface area contributed by atoms with E-state index in [1.165, 1.54) is 0 Å². The number of rotatable bonds is 4. The van der Waals surface area contributed by atoms with Gasteiger partial charge in [0.1, 0.15) is 10.0 Å². The van der Waals surface area contributed by atoms with E-state index < -0.39 is 5.91 Å². The van der Waals surface area contributed by atoms with Gasteiger partial charge in [-0.3, -0.25) is 15.2 Å². The van der Waals surface area contributed by atoms with Gasteiger partial charge in [0.15, 0.2) is 5.69 Å². The Morgan fingerprint density at radius 3 is 2.72 bits per heavy atom. The number of hydrazine groups is 1. The van der Waals surface area contributed by atoms with Gasteiger partial charge in [-0.25, -0.2) is 0 Å². The van der Waals surface area contributed by atoms with E-state index in [0.29, 0.717) is 10.0 Å². The number of para-hydroxylation sites is 1.